The van der Waals surface area contributed by atoms with Crippen molar-refractivity contribution in [2.75, 3.05) is 0 Å². The van der Waals surface area contributed by atoms with E-state index in [0.29, 0.717) is 5.92 Å². The molecule has 17 heavy (non-hydrogen) atoms. The van der Waals surface area contributed by atoms with Crippen LogP contribution in [0.5, 0.6) is 0 Å². The number of para-hydroxylation sites is 1. The van der Waals surface area contributed by atoms with Gasteiger partial charge in [0.1, 0.15) is 0 Å². The van der Waals surface area contributed by atoms with Crippen molar-refractivity contribution in [3.8, 4) is 0 Å². The van der Waals surface area contributed by atoms with E-state index in [1.165, 1.54) is 42.6 Å². The maximum Gasteiger partial charge on any atom is 0.365 e. The van der Waals surface area contributed by atoms with Gasteiger partial charge in [-0.2, -0.15) is 0 Å². The number of benzene rings is 1. The third-order valence-electron chi connectivity index (χ3n) is 3.43. The lowest BCUT2D eigenvalue weighted by molar-refractivity contribution is 0.0696. The third kappa shape index (κ3) is 1.82. The molecule has 0 spiro atoms. The highest BCUT2D eigenvalue weighted by Gasteiger charge is 2.21. The normalized spacial score (nSPS) is 16.7. The van der Waals surface area contributed by atoms with Gasteiger partial charge in [-0.25, -0.2) is 9.78 Å². The Bertz CT molecular complexity index is 570. The molecule has 1 fully saturated rings. The standard InChI is InChI=1S/C13H13NO2S/c15-13(16)12-14-11-9(8-4-1-2-5-8)6-3-7-10(11)17-12/h3,6-8H,1-2,4-5H2,(H,15,16). The molecule has 1 saturated carbocycles. The fourth-order valence-corrected chi connectivity index (χ4v) is 3.47. The zero-order valence-corrected chi connectivity index (χ0v) is 10.2. The van der Waals surface area contributed by atoms with E-state index in [1.807, 2.05) is 12.1 Å². The van der Waals surface area contributed by atoms with Gasteiger partial charge in [-0.1, -0.05) is 25.0 Å². The Kier molecular flexibility index (Phi) is 2.59. The summed E-state index contributed by atoms with van der Waals surface area (Å²) in [6.45, 7) is 0. The number of aromatic nitrogens is 1. The minimum atomic E-state index is -0.927. The van der Waals surface area contributed by atoms with Crippen molar-refractivity contribution >= 4 is 27.5 Å². The Labute approximate surface area is 103 Å². The van der Waals surface area contributed by atoms with Gasteiger partial charge in [-0.05, 0) is 30.4 Å². The van der Waals surface area contributed by atoms with Crippen LogP contribution in [0.4, 0.5) is 0 Å². The Morgan fingerprint density at radius 1 is 1.35 bits per heavy atom. The lowest BCUT2D eigenvalue weighted by Crippen LogP contribution is -1.96. The molecule has 3 nitrogen and oxygen atoms in total. The molecule has 1 N–H and O–H groups in total. The number of hydrogen-bond acceptors (Lipinski definition) is 3. The monoisotopic (exact) mass is 247 g/mol. The number of carboxylic acid groups (broad SMARTS) is 1. The molecule has 1 heterocycles. The van der Waals surface area contributed by atoms with Crippen LogP contribution in [0.25, 0.3) is 10.2 Å². The van der Waals surface area contributed by atoms with Crippen molar-refractivity contribution < 1.29 is 9.90 Å². The summed E-state index contributed by atoms with van der Waals surface area (Å²) >= 11 is 1.27. The van der Waals surface area contributed by atoms with Crippen LogP contribution in [0.3, 0.4) is 0 Å². The number of carboxylic acids is 1. The van der Waals surface area contributed by atoms with Crippen LogP contribution in [-0.4, -0.2) is 16.1 Å². The first-order chi connectivity index (χ1) is 8.25. The van der Waals surface area contributed by atoms with Crippen LogP contribution in [0.2, 0.25) is 0 Å². The first kappa shape index (κ1) is 10.7. The summed E-state index contributed by atoms with van der Waals surface area (Å²) in [5.41, 5.74) is 2.14. The number of nitrogens with zero attached hydrogens (tertiary/aromatic N) is 1. The van der Waals surface area contributed by atoms with Crippen LogP contribution < -0.4 is 0 Å². The van der Waals surface area contributed by atoms with E-state index in [9.17, 15) is 4.79 Å². The molecule has 1 aliphatic carbocycles. The second-order valence-corrected chi connectivity index (χ2v) is 5.53. The summed E-state index contributed by atoms with van der Waals surface area (Å²) in [5, 5.41) is 9.19. The SMILES string of the molecule is O=C(O)c1nc2c(C3CCCC3)cccc2s1. The van der Waals surface area contributed by atoms with Gasteiger partial charge in [-0.15, -0.1) is 11.3 Å². The summed E-state index contributed by atoms with van der Waals surface area (Å²) in [7, 11) is 0. The molecule has 1 aromatic heterocycles. The molecular weight excluding hydrogens is 234 g/mol. The number of thiazole rings is 1. The number of carbonyl (C=O) groups is 1. The van der Waals surface area contributed by atoms with Crippen molar-refractivity contribution in [2.24, 2.45) is 0 Å². The quantitative estimate of drug-likeness (QED) is 0.881. The van der Waals surface area contributed by atoms with E-state index < -0.39 is 5.97 Å². The zero-order chi connectivity index (χ0) is 11.8. The number of fused-ring (bicyclic) bond motifs is 1. The van der Waals surface area contributed by atoms with E-state index in [0.717, 1.165) is 10.2 Å². The maximum absolute atomic E-state index is 11.0. The molecule has 88 valence electrons. The minimum absolute atomic E-state index is 0.199. The van der Waals surface area contributed by atoms with Gasteiger partial charge in [0.25, 0.3) is 0 Å². The smallest absolute Gasteiger partial charge is 0.365 e. The summed E-state index contributed by atoms with van der Waals surface area (Å²) in [6, 6.07) is 6.07. The third-order valence-corrected chi connectivity index (χ3v) is 4.44. The summed E-state index contributed by atoms with van der Waals surface area (Å²) in [4.78, 5) is 15.2. The van der Waals surface area contributed by atoms with Crippen molar-refractivity contribution in [2.45, 2.75) is 31.6 Å². The predicted molar refractivity (Wildman–Crippen MR) is 67.8 cm³/mol. The van der Waals surface area contributed by atoms with Crippen LogP contribution in [0.15, 0.2) is 18.2 Å². The molecule has 4 heteroatoms. The lowest BCUT2D eigenvalue weighted by atomic mass is 9.97. The first-order valence-corrected chi connectivity index (χ1v) is 6.70. The van der Waals surface area contributed by atoms with Crippen molar-refractivity contribution in [3.63, 3.8) is 0 Å². The predicted octanol–water partition coefficient (Wildman–Crippen LogP) is 3.65. The Morgan fingerprint density at radius 3 is 2.82 bits per heavy atom. The van der Waals surface area contributed by atoms with Crippen LogP contribution in [-0.2, 0) is 0 Å². The molecule has 0 aliphatic heterocycles. The molecule has 0 saturated heterocycles. The zero-order valence-electron chi connectivity index (χ0n) is 9.35. The van der Waals surface area contributed by atoms with Gasteiger partial charge in [-0.3, -0.25) is 0 Å². The van der Waals surface area contributed by atoms with Crippen LogP contribution >= 0.6 is 11.3 Å². The van der Waals surface area contributed by atoms with E-state index in [4.69, 9.17) is 5.11 Å². The highest BCUT2D eigenvalue weighted by Crippen LogP contribution is 2.38. The molecule has 3 rings (SSSR count). The molecule has 0 unspecified atom stereocenters. The molecule has 0 radical (unpaired) electrons. The summed E-state index contributed by atoms with van der Waals surface area (Å²) in [6.07, 6.45) is 4.96. The molecule has 0 amide bonds. The highest BCUT2D eigenvalue weighted by atomic mass is 32.1. The fourth-order valence-electron chi connectivity index (χ4n) is 2.63. The lowest BCUT2D eigenvalue weighted by Gasteiger charge is -2.09. The van der Waals surface area contributed by atoms with Crippen molar-refractivity contribution in [1.29, 1.82) is 0 Å². The van der Waals surface area contributed by atoms with E-state index in [2.05, 4.69) is 11.1 Å². The van der Waals surface area contributed by atoms with Gasteiger partial charge < -0.3 is 5.11 Å². The van der Waals surface area contributed by atoms with Gasteiger partial charge >= 0.3 is 5.97 Å². The molecular formula is C13H13NO2S. The number of rotatable bonds is 2. The molecule has 1 aliphatic rings. The fraction of sp³-hybridized carbons (Fsp3) is 0.385. The minimum Gasteiger partial charge on any atom is -0.476 e. The average molecular weight is 247 g/mol. The van der Waals surface area contributed by atoms with Crippen LogP contribution in [0.1, 0.15) is 47.0 Å². The molecule has 2 aromatic rings. The second-order valence-electron chi connectivity index (χ2n) is 4.50. The Balaban J connectivity index is 2.14. The molecule has 0 atom stereocenters. The summed E-state index contributed by atoms with van der Waals surface area (Å²) in [5.74, 6) is -0.356. The maximum atomic E-state index is 11.0. The number of hydrogen-bond donors (Lipinski definition) is 1. The van der Waals surface area contributed by atoms with Crippen molar-refractivity contribution in [1.82, 2.24) is 4.98 Å². The first-order valence-electron chi connectivity index (χ1n) is 5.88. The van der Waals surface area contributed by atoms with E-state index >= 15 is 0 Å². The van der Waals surface area contributed by atoms with E-state index in [1.54, 1.807) is 0 Å². The average Bonchev–Trinajstić information content (AvgIpc) is 2.97. The largest absolute Gasteiger partial charge is 0.476 e. The summed E-state index contributed by atoms with van der Waals surface area (Å²) < 4.78 is 0.992. The number of aromatic carboxylic acids is 1. The molecule has 0 bridgehead atoms. The molecule has 1 aromatic carbocycles. The van der Waals surface area contributed by atoms with Gasteiger partial charge in [0.15, 0.2) is 0 Å². The van der Waals surface area contributed by atoms with Gasteiger partial charge in [0, 0.05) is 0 Å². The van der Waals surface area contributed by atoms with Gasteiger partial charge in [0.2, 0.25) is 5.01 Å². The topological polar surface area (TPSA) is 50.2 Å². The highest BCUT2D eigenvalue weighted by molar-refractivity contribution is 7.20. The van der Waals surface area contributed by atoms with Crippen molar-refractivity contribution in [3.05, 3.63) is 28.8 Å². The Hall–Kier alpha value is -1.42. The van der Waals surface area contributed by atoms with Gasteiger partial charge in [0.05, 0.1) is 10.2 Å². The second kappa shape index (κ2) is 4.11. The van der Waals surface area contributed by atoms with E-state index in [-0.39, 0.29) is 5.01 Å². The Morgan fingerprint density at radius 2 is 2.12 bits per heavy atom. The van der Waals surface area contributed by atoms with Crippen LogP contribution in [0, 0.1) is 0 Å².